The lowest BCUT2D eigenvalue weighted by Gasteiger charge is -2.57. The maximum atomic E-state index is 11.0. The van der Waals surface area contributed by atoms with E-state index in [0.29, 0.717) is 11.8 Å². The summed E-state index contributed by atoms with van der Waals surface area (Å²) in [5.41, 5.74) is 0.808. The minimum atomic E-state index is -0.581. The number of rotatable bonds is 3. The molecule has 2 nitrogen and oxygen atoms in total. The van der Waals surface area contributed by atoms with Crippen LogP contribution in [-0.2, 0) is 4.79 Å². The Balaban J connectivity index is 1.68. The van der Waals surface area contributed by atoms with Crippen molar-refractivity contribution in [3.63, 3.8) is 0 Å². The minimum Gasteiger partial charge on any atom is -0.481 e. The van der Waals surface area contributed by atoms with Gasteiger partial charge in [0, 0.05) is 0 Å². The van der Waals surface area contributed by atoms with E-state index in [1.807, 2.05) is 0 Å². The molecule has 0 radical (unpaired) electrons. The summed E-state index contributed by atoms with van der Waals surface area (Å²) in [4.78, 5) is 11.0. The van der Waals surface area contributed by atoms with E-state index in [1.54, 1.807) is 0 Å². The second kappa shape index (κ2) is 4.54. The first kappa shape index (κ1) is 12.5. The summed E-state index contributed by atoms with van der Waals surface area (Å²) in [6, 6.07) is 0. The lowest BCUT2D eigenvalue weighted by Crippen LogP contribution is -2.46. The Labute approximate surface area is 110 Å². The van der Waals surface area contributed by atoms with Gasteiger partial charge in [-0.25, -0.2) is 0 Å². The first-order chi connectivity index (χ1) is 8.64. The molecule has 102 valence electrons. The Morgan fingerprint density at radius 2 is 1.50 bits per heavy atom. The van der Waals surface area contributed by atoms with Crippen LogP contribution in [0.4, 0.5) is 0 Å². The van der Waals surface area contributed by atoms with Gasteiger partial charge in [0.15, 0.2) is 0 Å². The Morgan fingerprint density at radius 3 is 2.00 bits per heavy atom. The number of hydrogen-bond acceptors (Lipinski definition) is 1. The van der Waals surface area contributed by atoms with Gasteiger partial charge in [-0.05, 0) is 68.1 Å². The molecule has 0 atom stereocenters. The van der Waals surface area contributed by atoms with Crippen molar-refractivity contribution in [2.45, 2.75) is 77.0 Å². The largest absolute Gasteiger partial charge is 0.481 e. The smallest absolute Gasteiger partial charge is 0.303 e. The van der Waals surface area contributed by atoms with Gasteiger partial charge in [0.25, 0.3) is 0 Å². The van der Waals surface area contributed by atoms with Crippen LogP contribution in [0.3, 0.4) is 0 Å². The van der Waals surface area contributed by atoms with Crippen LogP contribution in [0.5, 0.6) is 0 Å². The summed E-state index contributed by atoms with van der Waals surface area (Å²) in [6.07, 6.45) is 15.2. The predicted octanol–water partition coefficient (Wildman–Crippen LogP) is 4.38. The molecule has 0 saturated heterocycles. The van der Waals surface area contributed by atoms with Crippen molar-refractivity contribution in [3.8, 4) is 0 Å². The molecule has 0 amide bonds. The molecule has 4 saturated carbocycles. The Morgan fingerprint density at radius 1 is 0.944 bits per heavy atom. The van der Waals surface area contributed by atoms with Crippen molar-refractivity contribution in [3.05, 3.63) is 0 Å². The molecule has 0 aromatic carbocycles. The zero-order valence-electron chi connectivity index (χ0n) is 11.4. The summed E-state index contributed by atoms with van der Waals surface area (Å²) in [5.74, 6) is 0.386. The molecule has 0 heterocycles. The van der Waals surface area contributed by atoms with E-state index in [4.69, 9.17) is 5.11 Å². The molecule has 18 heavy (non-hydrogen) atoms. The van der Waals surface area contributed by atoms with E-state index in [9.17, 15) is 4.79 Å². The van der Waals surface area contributed by atoms with Gasteiger partial charge in [0.05, 0.1) is 6.42 Å². The molecule has 0 unspecified atom stereocenters. The fraction of sp³-hybridized carbons (Fsp3) is 0.938. The summed E-state index contributed by atoms with van der Waals surface area (Å²) in [7, 11) is 0. The fourth-order valence-electron chi connectivity index (χ4n) is 5.21. The molecule has 0 spiro atoms. The van der Waals surface area contributed by atoms with E-state index >= 15 is 0 Å². The molecule has 0 aromatic rings. The highest BCUT2D eigenvalue weighted by atomic mass is 16.4. The van der Waals surface area contributed by atoms with Crippen LogP contribution in [0.1, 0.15) is 77.0 Å². The Kier molecular flexibility index (Phi) is 3.15. The van der Waals surface area contributed by atoms with Crippen LogP contribution >= 0.6 is 0 Å². The van der Waals surface area contributed by atoms with Crippen LogP contribution in [-0.4, -0.2) is 11.1 Å². The van der Waals surface area contributed by atoms with E-state index in [-0.39, 0.29) is 5.41 Å². The topological polar surface area (TPSA) is 37.3 Å². The number of carboxylic acids is 1. The zero-order valence-corrected chi connectivity index (χ0v) is 11.4. The fourth-order valence-corrected chi connectivity index (χ4v) is 5.21. The summed E-state index contributed by atoms with van der Waals surface area (Å²) >= 11 is 0. The maximum absolute atomic E-state index is 11.0. The third-order valence-electron chi connectivity index (χ3n) is 6.46. The highest BCUT2D eigenvalue weighted by Crippen LogP contribution is 2.62. The van der Waals surface area contributed by atoms with Gasteiger partial charge in [-0.15, -0.1) is 0 Å². The zero-order chi connectivity index (χ0) is 12.6. The SMILES string of the molecule is O=C(O)CC12CCC(C3CCCCC3)(CC1)CC2. The second-order valence-corrected chi connectivity index (χ2v) is 7.27. The third-order valence-corrected chi connectivity index (χ3v) is 6.46. The molecule has 4 rings (SSSR count). The first-order valence-corrected chi connectivity index (χ1v) is 7.86. The third kappa shape index (κ3) is 2.08. The molecule has 0 aromatic heterocycles. The molecular formula is C16H26O2. The van der Waals surface area contributed by atoms with Crippen LogP contribution < -0.4 is 0 Å². The molecule has 1 N–H and O–H groups in total. The van der Waals surface area contributed by atoms with Crippen molar-refractivity contribution in [1.82, 2.24) is 0 Å². The van der Waals surface area contributed by atoms with Crippen LogP contribution in [0, 0.1) is 16.7 Å². The van der Waals surface area contributed by atoms with E-state index in [2.05, 4.69) is 0 Å². The average molecular weight is 250 g/mol. The van der Waals surface area contributed by atoms with Crippen molar-refractivity contribution >= 4 is 5.97 Å². The van der Waals surface area contributed by atoms with E-state index < -0.39 is 5.97 Å². The summed E-state index contributed by atoms with van der Waals surface area (Å²) in [6.45, 7) is 0. The van der Waals surface area contributed by atoms with Crippen molar-refractivity contribution in [2.75, 3.05) is 0 Å². The predicted molar refractivity (Wildman–Crippen MR) is 71.4 cm³/mol. The Bertz CT molecular complexity index is 303. The molecule has 4 fully saturated rings. The van der Waals surface area contributed by atoms with Crippen molar-refractivity contribution < 1.29 is 9.90 Å². The van der Waals surface area contributed by atoms with Gasteiger partial charge in [0.1, 0.15) is 0 Å². The summed E-state index contributed by atoms with van der Waals surface area (Å²) in [5, 5.41) is 9.09. The van der Waals surface area contributed by atoms with Gasteiger partial charge in [-0.3, -0.25) is 4.79 Å². The number of aliphatic carboxylic acids is 1. The summed E-state index contributed by atoms with van der Waals surface area (Å²) < 4.78 is 0. The quantitative estimate of drug-likeness (QED) is 0.807. The maximum Gasteiger partial charge on any atom is 0.303 e. The minimum absolute atomic E-state index is 0.183. The van der Waals surface area contributed by atoms with Gasteiger partial charge < -0.3 is 5.11 Å². The molecule has 2 heteroatoms. The first-order valence-electron chi connectivity index (χ1n) is 7.86. The standard InChI is InChI=1S/C16H26O2/c17-14(18)12-15-6-9-16(10-7-15,11-8-15)13-4-2-1-3-5-13/h13H,1-12H2,(H,17,18). The number of carboxylic acid groups (broad SMARTS) is 1. The number of fused-ring (bicyclic) bond motifs is 3. The van der Waals surface area contributed by atoms with E-state index in [1.165, 1.54) is 70.6 Å². The molecule has 4 aliphatic carbocycles. The van der Waals surface area contributed by atoms with Gasteiger partial charge in [-0.1, -0.05) is 19.3 Å². The monoisotopic (exact) mass is 250 g/mol. The van der Waals surface area contributed by atoms with Crippen molar-refractivity contribution in [1.29, 1.82) is 0 Å². The average Bonchev–Trinajstić information content (AvgIpc) is 2.41. The Hall–Kier alpha value is -0.530. The van der Waals surface area contributed by atoms with Gasteiger partial charge in [-0.2, -0.15) is 0 Å². The van der Waals surface area contributed by atoms with Gasteiger partial charge >= 0.3 is 5.97 Å². The molecule has 4 aliphatic rings. The van der Waals surface area contributed by atoms with Gasteiger partial charge in [0.2, 0.25) is 0 Å². The second-order valence-electron chi connectivity index (χ2n) is 7.27. The number of hydrogen-bond donors (Lipinski definition) is 1. The number of carbonyl (C=O) groups is 1. The highest BCUT2D eigenvalue weighted by molar-refractivity contribution is 5.67. The molecular weight excluding hydrogens is 224 g/mol. The van der Waals surface area contributed by atoms with E-state index in [0.717, 1.165) is 5.92 Å². The lowest BCUT2D eigenvalue weighted by molar-refractivity contribution is -0.144. The normalized spacial score (nSPS) is 40.9. The van der Waals surface area contributed by atoms with Crippen LogP contribution in [0.15, 0.2) is 0 Å². The molecule has 0 aliphatic heterocycles. The van der Waals surface area contributed by atoms with Crippen LogP contribution in [0.2, 0.25) is 0 Å². The van der Waals surface area contributed by atoms with Crippen LogP contribution in [0.25, 0.3) is 0 Å². The highest BCUT2D eigenvalue weighted by Gasteiger charge is 2.52. The van der Waals surface area contributed by atoms with Crippen molar-refractivity contribution in [2.24, 2.45) is 16.7 Å². The lowest BCUT2D eigenvalue weighted by atomic mass is 9.48. The molecule has 2 bridgehead atoms.